The summed E-state index contributed by atoms with van der Waals surface area (Å²) in [5.41, 5.74) is 1.09. The van der Waals surface area contributed by atoms with Crippen LogP contribution < -0.4 is 10.6 Å². The molecule has 2 aliphatic rings. The molecule has 1 aromatic carbocycles. The molecule has 1 aromatic rings. The largest absolute Gasteiger partial charge is 0.381 e. The Labute approximate surface area is 202 Å². The molecule has 2 fully saturated rings. The number of non-ortho nitro benzene ring substituents is 1. The predicted molar refractivity (Wildman–Crippen MR) is 134 cm³/mol. The highest BCUT2D eigenvalue weighted by molar-refractivity contribution is 14.0. The number of nitro benzene ring substituents is 1. The molecule has 174 valence electrons. The standard InChI is InChI=1S/C22H35N5O3.HI/c1-22(2,26-11-4-3-5-12-26)17-25-21(24-15-19-10-13-30-16-19)23-14-18-6-8-20(9-7-18)27(28)29;/h6-9,19H,3-5,10-17H2,1-2H3,(H2,23,24,25);1H. The fraction of sp³-hybridized carbons (Fsp3) is 0.682. The molecule has 2 saturated heterocycles. The van der Waals surface area contributed by atoms with Crippen molar-refractivity contribution in [2.75, 3.05) is 39.4 Å². The second kappa shape index (κ2) is 12.5. The Bertz CT molecular complexity index is 714. The van der Waals surface area contributed by atoms with Crippen molar-refractivity contribution < 1.29 is 9.66 Å². The van der Waals surface area contributed by atoms with Crippen LogP contribution in [0.5, 0.6) is 0 Å². The van der Waals surface area contributed by atoms with Crippen LogP contribution in [-0.4, -0.2) is 60.7 Å². The summed E-state index contributed by atoms with van der Waals surface area (Å²) in [6, 6.07) is 6.59. The molecular weight excluding hydrogens is 509 g/mol. The van der Waals surface area contributed by atoms with Gasteiger partial charge in [0.05, 0.1) is 18.1 Å². The summed E-state index contributed by atoms with van der Waals surface area (Å²) in [5.74, 6) is 1.29. The number of halogens is 1. The van der Waals surface area contributed by atoms with Gasteiger partial charge < -0.3 is 15.4 Å². The van der Waals surface area contributed by atoms with E-state index in [1.165, 1.54) is 31.4 Å². The van der Waals surface area contributed by atoms with Crippen molar-refractivity contribution in [2.45, 2.75) is 51.6 Å². The number of hydrogen-bond donors (Lipinski definition) is 2. The average molecular weight is 545 g/mol. The fourth-order valence-corrected chi connectivity index (χ4v) is 3.96. The van der Waals surface area contributed by atoms with Gasteiger partial charge in [0, 0.05) is 43.3 Å². The van der Waals surface area contributed by atoms with E-state index in [4.69, 9.17) is 9.73 Å². The minimum Gasteiger partial charge on any atom is -0.381 e. The highest BCUT2D eigenvalue weighted by Gasteiger charge is 2.28. The van der Waals surface area contributed by atoms with Crippen LogP contribution in [0.2, 0.25) is 0 Å². The molecule has 0 bridgehead atoms. The van der Waals surface area contributed by atoms with Crippen LogP contribution in [0.15, 0.2) is 29.3 Å². The zero-order valence-corrected chi connectivity index (χ0v) is 21.0. The summed E-state index contributed by atoms with van der Waals surface area (Å²) in [6.45, 7) is 10.6. The third kappa shape index (κ3) is 8.19. The molecule has 1 atom stereocenters. The summed E-state index contributed by atoms with van der Waals surface area (Å²) in [6.07, 6.45) is 4.93. The first-order valence-electron chi connectivity index (χ1n) is 11.0. The molecule has 1 unspecified atom stereocenters. The number of nitrogens with one attached hydrogen (secondary N) is 2. The van der Waals surface area contributed by atoms with Crippen LogP contribution >= 0.6 is 24.0 Å². The Hall–Kier alpha value is -1.46. The highest BCUT2D eigenvalue weighted by atomic mass is 127. The number of benzene rings is 1. The van der Waals surface area contributed by atoms with E-state index in [1.807, 2.05) is 0 Å². The summed E-state index contributed by atoms with van der Waals surface area (Å²) < 4.78 is 5.48. The topological polar surface area (TPSA) is 92.0 Å². The van der Waals surface area contributed by atoms with Gasteiger partial charge in [0.15, 0.2) is 5.96 Å². The summed E-state index contributed by atoms with van der Waals surface area (Å²) in [7, 11) is 0. The SMILES string of the molecule is CC(C)(CNC(=NCc1ccc([N+](=O)[O-])cc1)NCC1CCOC1)N1CCCCC1.I. The highest BCUT2D eigenvalue weighted by Crippen LogP contribution is 2.20. The third-order valence-corrected chi connectivity index (χ3v) is 6.05. The number of aliphatic imine (C=N–C) groups is 1. The van der Waals surface area contributed by atoms with Gasteiger partial charge in [-0.3, -0.25) is 15.0 Å². The molecule has 9 heteroatoms. The van der Waals surface area contributed by atoms with Crippen LogP contribution in [-0.2, 0) is 11.3 Å². The minimum absolute atomic E-state index is 0. The quantitative estimate of drug-likeness (QED) is 0.171. The summed E-state index contributed by atoms with van der Waals surface area (Å²) in [4.78, 5) is 17.8. The molecule has 2 N–H and O–H groups in total. The van der Waals surface area contributed by atoms with Gasteiger partial charge in [-0.1, -0.05) is 18.6 Å². The molecule has 0 aromatic heterocycles. The van der Waals surface area contributed by atoms with E-state index in [9.17, 15) is 10.1 Å². The molecule has 0 spiro atoms. The molecule has 3 rings (SSSR count). The van der Waals surface area contributed by atoms with Crippen molar-refractivity contribution in [2.24, 2.45) is 10.9 Å². The Balaban J connectivity index is 0.00000341. The smallest absolute Gasteiger partial charge is 0.269 e. The van der Waals surface area contributed by atoms with Crippen molar-refractivity contribution in [3.8, 4) is 0 Å². The van der Waals surface area contributed by atoms with E-state index < -0.39 is 0 Å². The summed E-state index contributed by atoms with van der Waals surface area (Å²) >= 11 is 0. The van der Waals surface area contributed by atoms with Crippen molar-refractivity contribution in [3.05, 3.63) is 39.9 Å². The molecule has 0 radical (unpaired) electrons. The Morgan fingerprint density at radius 3 is 2.55 bits per heavy atom. The van der Waals surface area contributed by atoms with Gasteiger partial charge in [0.25, 0.3) is 5.69 Å². The summed E-state index contributed by atoms with van der Waals surface area (Å²) in [5, 5.41) is 17.8. The van der Waals surface area contributed by atoms with Crippen molar-refractivity contribution in [3.63, 3.8) is 0 Å². The zero-order chi connectivity index (χ0) is 21.4. The lowest BCUT2D eigenvalue weighted by atomic mass is 9.98. The molecule has 0 aliphatic carbocycles. The maximum Gasteiger partial charge on any atom is 0.269 e. The van der Waals surface area contributed by atoms with E-state index >= 15 is 0 Å². The van der Waals surface area contributed by atoms with Crippen molar-refractivity contribution in [1.29, 1.82) is 0 Å². The number of nitro groups is 1. The number of rotatable bonds is 8. The Morgan fingerprint density at radius 1 is 1.23 bits per heavy atom. The van der Waals surface area contributed by atoms with Crippen LogP contribution in [0.1, 0.15) is 45.1 Å². The van der Waals surface area contributed by atoms with Gasteiger partial charge in [-0.15, -0.1) is 24.0 Å². The van der Waals surface area contributed by atoms with Gasteiger partial charge in [0.2, 0.25) is 0 Å². The second-order valence-corrected chi connectivity index (χ2v) is 8.91. The number of guanidine groups is 1. The third-order valence-electron chi connectivity index (χ3n) is 6.05. The monoisotopic (exact) mass is 545 g/mol. The normalized spacial score (nSPS) is 20.2. The van der Waals surface area contributed by atoms with E-state index in [-0.39, 0.29) is 40.1 Å². The number of nitrogens with zero attached hydrogens (tertiary/aromatic N) is 3. The van der Waals surface area contributed by atoms with Crippen LogP contribution in [0, 0.1) is 16.0 Å². The van der Waals surface area contributed by atoms with E-state index in [1.54, 1.807) is 12.1 Å². The van der Waals surface area contributed by atoms with Crippen LogP contribution in [0.25, 0.3) is 0 Å². The Kier molecular flexibility index (Phi) is 10.4. The van der Waals surface area contributed by atoms with E-state index in [0.717, 1.165) is 57.3 Å². The maximum atomic E-state index is 10.8. The van der Waals surface area contributed by atoms with Gasteiger partial charge in [-0.25, -0.2) is 4.99 Å². The molecule has 2 heterocycles. The molecule has 8 nitrogen and oxygen atoms in total. The first kappa shape index (κ1) is 25.8. The second-order valence-electron chi connectivity index (χ2n) is 8.91. The number of piperidine rings is 1. The molecule has 31 heavy (non-hydrogen) atoms. The van der Waals surface area contributed by atoms with E-state index in [0.29, 0.717) is 12.5 Å². The fourth-order valence-electron chi connectivity index (χ4n) is 3.96. The first-order chi connectivity index (χ1) is 14.4. The first-order valence-corrected chi connectivity index (χ1v) is 11.0. The van der Waals surface area contributed by atoms with Crippen LogP contribution in [0.3, 0.4) is 0 Å². The number of ether oxygens (including phenoxy) is 1. The average Bonchev–Trinajstić information content (AvgIpc) is 3.28. The number of likely N-dealkylation sites (tertiary alicyclic amines) is 1. The van der Waals surface area contributed by atoms with Gasteiger partial charge in [-0.2, -0.15) is 0 Å². The number of hydrogen-bond acceptors (Lipinski definition) is 5. The van der Waals surface area contributed by atoms with Gasteiger partial charge >= 0.3 is 0 Å². The van der Waals surface area contributed by atoms with Crippen LogP contribution in [0.4, 0.5) is 5.69 Å². The molecule has 0 saturated carbocycles. The lowest BCUT2D eigenvalue weighted by Crippen LogP contribution is -2.55. The molecular formula is C22H36IN5O3. The maximum absolute atomic E-state index is 10.8. The Morgan fingerprint density at radius 2 is 1.94 bits per heavy atom. The molecule has 0 amide bonds. The van der Waals surface area contributed by atoms with Gasteiger partial charge in [0.1, 0.15) is 0 Å². The van der Waals surface area contributed by atoms with Gasteiger partial charge in [-0.05, 0) is 51.8 Å². The lowest BCUT2D eigenvalue weighted by Gasteiger charge is -2.41. The lowest BCUT2D eigenvalue weighted by molar-refractivity contribution is -0.384. The minimum atomic E-state index is -0.381. The molecule has 2 aliphatic heterocycles. The van der Waals surface area contributed by atoms with Crippen molar-refractivity contribution >= 4 is 35.6 Å². The zero-order valence-electron chi connectivity index (χ0n) is 18.6. The van der Waals surface area contributed by atoms with E-state index in [2.05, 4.69) is 29.4 Å². The predicted octanol–water partition coefficient (Wildman–Crippen LogP) is 3.55. The van der Waals surface area contributed by atoms with Crippen molar-refractivity contribution in [1.82, 2.24) is 15.5 Å².